The zero-order valence-electron chi connectivity index (χ0n) is 20.8. The van der Waals surface area contributed by atoms with Crippen molar-refractivity contribution in [1.29, 1.82) is 0 Å². The fourth-order valence-corrected chi connectivity index (χ4v) is 4.50. The van der Waals surface area contributed by atoms with Crippen LogP contribution in [0.5, 0.6) is 11.5 Å². The van der Waals surface area contributed by atoms with Crippen LogP contribution in [0, 0.1) is 6.92 Å². The molecule has 1 aliphatic heterocycles. The molecule has 0 fully saturated rings. The second-order valence-electron chi connectivity index (χ2n) is 8.97. The van der Waals surface area contributed by atoms with Crippen molar-refractivity contribution in [2.45, 2.75) is 26.3 Å². The van der Waals surface area contributed by atoms with E-state index in [1.54, 1.807) is 17.0 Å². The van der Waals surface area contributed by atoms with Gasteiger partial charge in [0, 0.05) is 6.54 Å². The van der Waals surface area contributed by atoms with Crippen LogP contribution in [0.3, 0.4) is 0 Å². The lowest BCUT2D eigenvalue weighted by atomic mass is 9.97. The molecule has 1 atom stereocenters. The van der Waals surface area contributed by atoms with Gasteiger partial charge in [0.1, 0.15) is 12.2 Å². The fraction of sp³-hybridized carbons (Fsp3) is 0.357. The molecule has 2 aromatic carbocycles. The van der Waals surface area contributed by atoms with E-state index in [9.17, 15) is 9.59 Å². The number of carbonyl (C=O) groups is 1. The Bertz CT molecular complexity index is 1310. The summed E-state index contributed by atoms with van der Waals surface area (Å²) in [6.07, 6.45) is 2.43. The zero-order chi connectivity index (χ0) is 25.1. The summed E-state index contributed by atoms with van der Waals surface area (Å²) in [5.41, 5.74) is 2.35. The molecule has 1 aromatic heterocycles. The second kappa shape index (κ2) is 10.4. The molecule has 2 heterocycles. The predicted molar refractivity (Wildman–Crippen MR) is 137 cm³/mol. The SMILES string of the molecule is C=CCOc1ccc([C@@H]2c3c(oc4ccc(C)cc4c3=O)C(=O)N2CCCN(C)C)cc1OCC. The minimum absolute atomic E-state index is 0.117. The molecule has 0 spiro atoms. The van der Waals surface area contributed by atoms with Gasteiger partial charge in [0.2, 0.25) is 5.76 Å². The largest absolute Gasteiger partial charge is 0.490 e. The maximum absolute atomic E-state index is 13.7. The molecule has 0 bridgehead atoms. The first kappa shape index (κ1) is 24.5. The van der Waals surface area contributed by atoms with Crippen LogP contribution in [0.1, 0.15) is 46.6 Å². The molecule has 0 saturated heterocycles. The Kier molecular flexibility index (Phi) is 7.26. The number of rotatable bonds is 10. The van der Waals surface area contributed by atoms with Crippen LogP contribution < -0.4 is 14.9 Å². The number of nitrogens with zero attached hydrogens (tertiary/aromatic N) is 2. The molecule has 3 aromatic rings. The third-order valence-corrected chi connectivity index (χ3v) is 6.07. The molecule has 184 valence electrons. The lowest BCUT2D eigenvalue weighted by molar-refractivity contribution is 0.0722. The van der Waals surface area contributed by atoms with Crippen LogP contribution in [0.4, 0.5) is 0 Å². The summed E-state index contributed by atoms with van der Waals surface area (Å²) in [7, 11) is 3.99. The quantitative estimate of drug-likeness (QED) is 0.400. The minimum Gasteiger partial charge on any atom is -0.490 e. The smallest absolute Gasteiger partial charge is 0.290 e. The van der Waals surface area contributed by atoms with Crippen LogP contribution in [0.2, 0.25) is 0 Å². The monoisotopic (exact) mass is 476 g/mol. The molecular weight excluding hydrogens is 444 g/mol. The first-order valence-electron chi connectivity index (χ1n) is 11.9. The minimum atomic E-state index is -0.575. The van der Waals surface area contributed by atoms with Crippen LogP contribution in [-0.2, 0) is 0 Å². The number of amides is 1. The highest BCUT2D eigenvalue weighted by atomic mass is 16.5. The van der Waals surface area contributed by atoms with Crippen molar-refractivity contribution >= 4 is 16.9 Å². The van der Waals surface area contributed by atoms with E-state index < -0.39 is 6.04 Å². The van der Waals surface area contributed by atoms with E-state index >= 15 is 0 Å². The van der Waals surface area contributed by atoms with Gasteiger partial charge < -0.3 is 23.7 Å². The molecule has 0 aliphatic carbocycles. The fourth-order valence-electron chi connectivity index (χ4n) is 4.50. The summed E-state index contributed by atoms with van der Waals surface area (Å²) >= 11 is 0. The summed E-state index contributed by atoms with van der Waals surface area (Å²) in [5, 5.41) is 0.479. The first-order chi connectivity index (χ1) is 16.8. The van der Waals surface area contributed by atoms with Crippen molar-refractivity contribution in [3.63, 3.8) is 0 Å². The van der Waals surface area contributed by atoms with Gasteiger partial charge in [-0.25, -0.2) is 0 Å². The van der Waals surface area contributed by atoms with Crippen molar-refractivity contribution in [2.24, 2.45) is 0 Å². The molecule has 1 amide bonds. The van der Waals surface area contributed by atoms with Gasteiger partial charge in [-0.2, -0.15) is 0 Å². The number of hydrogen-bond acceptors (Lipinski definition) is 6. The lowest BCUT2D eigenvalue weighted by Gasteiger charge is -2.26. The molecule has 0 N–H and O–H groups in total. The molecular formula is C28H32N2O5. The van der Waals surface area contributed by atoms with Gasteiger partial charge in [0.25, 0.3) is 5.91 Å². The Balaban J connectivity index is 1.87. The van der Waals surface area contributed by atoms with Gasteiger partial charge in [-0.15, -0.1) is 0 Å². The maximum Gasteiger partial charge on any atom is 0.290 e. The highest BCUT2D eigenvalue weighted by Crippen LogP contribution is 2.41. The zero-order valence-corrected chi connectivity index (χ0v) is 20.8. The molecule has 7 heteroatoms. The summed E-state index contributed by atoms with van der Waals surface area (Å²) in [6.45, 7) is 9.62. The summed E-state index contributed by atoms with van der Waals surface area (Å²) < 4.78 is 17.6. The Morgan fingerprint density at radius 3 is 2.63 bits per heavy atom. The number of aryl methyl sites for hydroxylation is 1. The molecule has 35 heavy (non-hydrogen) atoms. The van der Waals surface area contributed by atoms with E-state index in [2.05, 4.69) is 11.5 Å². The number of carbonyl (C=O) groups excluding carboxylic acids is 1. The van der Waals surface area contributed by atoms with Gasteiger partial charge in [0.05, 0.1) is 23.6 Å². The number of ether oxygens (including phenoxy) is 2. The highest BCUT2D eigenvalue weighted by Gasteiger charge is 2.42. The van der Waals surface area contributed by atoms with E-state index in [4.69, 9.17) is 13.9 Å². The number of hydrogen-bond donors (Lipinski definition) is 0. The first-order valence-corrected chi connectivity index (χ1v) is 11.9. The standard InChI is InChI=1S/C28H32N2O5/c1-6-15-34-22-12-10-19(17-23(22)33-7-2)25-24-26(31)20-16-18(3)9-11-21(20)35-27(24)28(32)30(25)14-8-13-29(4)5/h6,9-12,16-17,25H,1,7-8,13-15H2,2-5H3/t25-/m1/s1. The van der Waals surface area contributed by atoms with E-state index in [-0.39, 0.29) is 17.1 Å². The summed E-state index contributed by atoms with van der Waals surface area (Å²) in [5.74, 6) is 0.988. The number of benzene rings is 2. The van der Waals surface area contributed by atoms with Crippen molar-refractivity contribution in [3.8, 4) is 11.5 Å². The van der Waals surface area contributed by atoms with E-state index in [0.29, 0.717) is 47.8 Å². The van der Waals surface area contributed by atoms with Crippen molar-refractivity contribution in [2.75, 3.05) is 40.4 Å². The molecule has 4 rings (SSSR count). The summed E-state index contributed by atoms with van der Waals surface area (Å²) in [4.78, 5) is 31.1. The average molecular weight is 477 g/mol. The normalized spacial score (nSPS) is 15.1. The Morgan fingerprint density at radius 1 is 1.11 bits per heavy atom. The predicted octanol–water partition coefficient (Wildman–Crippen LogP) is 4.56. The third kappa shape index (κ3) is 4.82. The third-order valence-electron chi connectivity index (χ3n) is 6.07. The Hall–Kier alpha value is -3.58. The Morgan fingerprint density at radius 2 is 1.91 bits per heavy atom. The Labute approximate surface area is 205 Å². The highest BCUT2D eigenvalue weighted by molar-refractivity contribution is 5.99. The van der Waals surface area contributed by atoms with Gasteiger partial charge >= 0.3 is 0 Å². The van der Waals surface area contributed by atoms with Crippen molar-refractivity contribution < 1.29 is 18.7 Å². The van der Waals surface area contributed by atoms with Crippen LogP contribution in [0.25, 0.3) is 11.0 Å². The molecule has 0 saturated carbocycles. The van der Waals surface area contributed by atoms with E-state index in [0.717, 1.165) is 24.1 Å². The van der Waals surface area contributed by atoms with Crippen LogP contribution in [-0.4, -0.2) is 56.1 Å². The molecule has 0 unspecified atom stereocenters. The van der Waals surface area contributed by atoms with Gasteiger partial charge in [-0.05, 0) is 70.7 Å². The second-order valence-corrected chi connectivity index (χ2v) is 8.97. The molecule has 1 aliphatic rings. The van der Waals surface area contributed by atoms with Crippen molar-refractivity contribution in [1.82, 2.24) is 9.80 Å². The molecule has 7 nitrogen and oxygen atoms in total. The number of fused-ring (bicyclic) bond motifs is 2. The van der Waals surface area contributed by atoms with Gasteiger partial charge in [-0.1, -0.05) is 30.4 Å². The lowest BCUT2D eigenvalue weighted by Crippen LogP contribution is -2.32. The van der Waals surface area contributed by atoms with Crippen LogP contribution >= 0.6 is 0 Å². The molecule has 0 radical (unpaired) electrons. The van der Waals surface area contributed by atoms with E-state index in [1.807, 2.05) is 58.3 Å². The van der Waals surface area contributed by atoms with Crippen molar-refractivity contribution in [3.05, 3.63) is 81.7 Å². The average Bonchev–Trinajstić information content (AvgIpc) is 3.10. The van der Waals surface area contributed by atoms with Crippen LogP contribution in [0.15, 0.2) is 58.3 Å². The van der Waals surface area contributed by atoms with E-state index in [1.165, 1.54) is 0 Å². The summed E-state index contributed by atoms with van der Waals surface area (Å²) in [6, 6.07) is 10.4. The van der Waals surface area contributed by atoms with Gasteiger partial charge in [-0.3, -0.25) is 9.59 Å². The maximum atomic E-state index is 13.7. The van der Waals surface area contributed by atoms with Gasteiger partial charge in [0.15, 0.2) is 16.9 Å². The topological polar surface area (TPSA) is 72.2 Å².